The zero-order valence-electron chi connectivity index (χ0n) is 15.5. The number of anilines is 1. The van der Waals surface area contributed by atoms with Crippen LogP contribution in [0.25, 0.3) is 5.52 Å². The fourth-order valence-corrected chi connectivity index (χ4v) is 5.34. The van der Waals surface area contributed by atoms with Crippen LogP contribution in [-0.2, 0) is 9.53 Å². The van der Waals surface area contributed by atoms with Gasteiger partial charge in [-0.1, -0.05) is 0 Å². The van der Waals surface area contributed by atoms with E-state index in [4.69, 9.17) is 16.3 Å². The monoisotopic (exact) mass is 388 g/mol. The number of aromatic nitrogens is 3. The summed E-state index contributed by atoms with van der Waals surface area (Å²) in [5.74, 6) is 1.99. The van der Waals surface area contributed by atoms with E-state index < -0.39 is 0 Å². The highest BCUT2D eigenvalue weighted by atomic mass is 35.5. The van der Waals surface area contributed by atoms with Crippen LogP contribution in [0.15, 0.2) is 12.1 Å². The van der Waals surface area contributed by atoms with Crippen LogP contribution >= 0.6 is 11.6 Å². The van der Waals surface area contributed by atoms with Gasteiger partial charge in [0.25, 0.3) is 0 Å². The van der Waals surface area contributed by atoms with Gasteiger partial charge in [-0.25, -0.2) is 4.52 Å². The zero-order valence-corrected chi connectivity index (χ0v) is 16.3. The Hall–Kier alpha value is -1.82. The lowest BCUT2D eigenvalue weighted by Gasteiger charge is -2.47. The molecule has 2 atom stereocenters. The van der Waals surface area contributed by atoms with Gasteiger partial charge in [0, 0.05) is 17.7 Å². The number of esters is 1. The molecule has 7 heteroatoms. The zero-order chi connectivity index (χ0) is 18.5. The van der Waals surface area contributed by atoms with E-state index in [-0.39, 0.29) is 23.2 Å². The standard InChI is InChI=1S/C20H25ClN4O2/c1-2-27-19(26)16-12-5-7-13(8-6-12)17(16)22-18-15-10-9-14(11-3-4-11)25(15)24-20(21)23-18/h9-13,16-17H,2-8H2,1H3,(H,22,23,24)/t12?,13?,16-,17?/m0/s1. The predicted octanol–water partition coefficient (Wildman–Crippen LogP) is 4.04. The molecule has 4 aliphatic carbocycles. The van der Waals surface area contributed by atoms with Crippen LogP contribution in [0.3, 0.4) is 0 Å². The van der Waals surface area contributed by atoms with Gasteiger partial charge in [-0.3, -0.25) is 4.79 Å². The summed E-state index contributed by atoms with van der Waals surface area (Å²) >= 11 is 6.25. The minimum Gasteiger partial charge on any atom is -0.466 e. The first kappa shape index (κ1) is 17.3. The third kappa shape index (κ3) is 2.98. The number of carbonyl (C=O) groups excluding carboxylic acids is 1. The average Bonchev–Trinajstić information content (AvgIpc) is 3.42. The van der Waals surface area contributed by atoms with Crippen LogP contribution in [0.2, 0.25) is 5.28 Å². The second-order valence-corrected chi connectivity index (χ2v) is 8.52. The summed E-state index contributed by atoms with van der Waals surface area (Å²) in [6, 6.07) is 4.23. The molecule has 1 unspecified atom stereocenters. The molecule has 4 fully saturated rings. The molecule has 6 nitrogen and oxygen atoms in total. The van der Waals surface area contributed by atoms with Crippen molar-refractivity contribution in [1.82, 2.24) is 14.6 Å². The first-order valence-corrected chi connectivity index (χ1v) is 10.5. The molecule has 6 rings (SSSR count). The number of halogens is 1. The minimum absolute atomic E-state index is 0.0468. The van der Waals surface area contributed by atoms with Crippen LogP contribution < -0.4 is 5.32 Å². The quantitative estimate of drug-likeness (QED) is 0.783. The fraction of sp³-hybridized carbons (Fsp3) is 0.650. The van der Waals surface area contributed by atoms with E-state index in [1.165, 1.54) is 18.5 Å². The maximum atomic E-state index is 12.7. The maximum absolute atomic E-state index is 12.7. The number of nitrogens with zero attached hydrogens (tertiary/aromatic N) is 3. The van der Waals surface area contributed by atoms with Gasteiger partial charge in [0.15, 0.2) is 5.82 Å². The van der Waals surface area contributed by atoms with Gasteiger partial charge < -0.3 is 10.1 Å². The summed E-state index contributed by atoms with van der Waals surface area (Å²) in [7, 11) is 0. The Labute approximate surface area is 163 Å². The van der Waals surface area contributed by atoms with Crippen molar-refractivity contribution in [2.75, 3.05) is 11.9 Å². The van der Waals surface area contributed by atoms with Crippen molar-refractivity contribution < 1.29 is 9.53 Å². The Balaban J connectivity index is 1.50. The Morgan fingerprint density at radius 2 is 1.96 bits per heavy atom. The second kappa shape index (κ2) is 6.66. The Kier molecular flexibility index (Phi) is 4.26. The number of hydrogen-bond donors (Lipinski definition) is 1. The van der Waals surface area contributed by atoms with Gasteiger partial charge in [0.1, 0.15) is 5.52 Å². The van der Waals surface area contributed by atoms with Gasteiger partial charge >= 0.3 is 5.97 Å². The van der Waals surface area contributed by atoms with Crippen molar-refractivity contribution in [3.05, 3.63) is 23.1 Å². The summed E-state index contributed by atoms with van der Waals surface area (Å²) < 4.78 is 7.34. The molecule has 0 spiro atoms. The molecule has 0 radical (unpaired) electrons. The molecule has 144 valence electrons. The largest absolute Gasteiger partial charge is 0.466 e. The van der Waals surface area contributed by atoms with Crippen LogP contribution in [0.1, 0.15) is 57.1 Å². The number of nitrogens with one attached hydrogen (secondary N) is 1. The van der Waals surface area contributed by atoms with Crippen molar-refractivity contribution in [2.24, 2.45) is 17.8 Å². The molecule has 2 aromatic rings. The van der Waals surface area contributed by atoms with Crippen LogP contribution in [0.5, 0.6) is 0 Å². The van der Waals surface area contributed by atoms with Crippen LogP contribution in [0, 0.1) is 17.8 Å². The van der Waals surface area contributed by atoms with E-state index in [1.807, 2.05) is 11.4 Å². The summed E-state index contributed by atoms with van der Waals surface area (Å²) in [6.45, 7) is 2.29. The summed E-state index contributed by atoms with van der Waals surface area (Å²) in [5, 5.41) is 8.26. The molecule has 2 aromatic heterocycles. The van der Waals surface area contributed by atoms with Gasteiger partial charge in [-0.05, 0) is 81.0 Å². The first-order chi connectivity index (χ1) is 13.2. The molecule has 0 amide bonds. The lowest BCUT2D eigenvalue weighted by atomic mass is 9.61. The number of carbonyl (C=O) groups is 1. The summed E-state index contributed by atoms with van der Waals surface area (Å²) in [5.41, 5.74) is 2.13. The molecule has 0 aromatic carbocycles. The third-order valence-electron chi connectivity index (χ3n) is 6.59. The van der Waals surface area contributed by atoms with E-state index in [9.17, 15) is 4.79 Å². The highest BCUT2D eigenvalue weighted by molar-refractivity contribution is 6.28. The smallest absolute Gasteiger partial charge is 0.311 e. The highest BCUT2D eigenvalue weighted by Gasteiger charge is 2.48. The van der Waals surface area contributed by atoms with Crippen LogP contribution in [0.4, 0.5) is 5.82 Å². The SMILES string of the molecule is CCOC(=O)[C@H]1C2CCC(CC2)C1Nc1nc(Cl)nn2c(C3CC3)ccc12. The lowest BCUT2D eigenvalue weighted by Crippen LogP contribution is -2.52. The van der Waals surface area contributed by atoms with Crippen LogP contribution in [-0.4, -0.2) is 33.2 Å². The van der Waals surface area contributed by atoms with Crippen molar-refractivity contribution >= 4 is 28.9 Å². The van der Waals surface area contributed by atoms with Crippen molar-refractivity contribution in [2.45, 2.75) is 57.4 Å². The average molecular weight is 389 g/mol. The molecule has 0 saturated heterocycles. The van der Waals surface area contributed by atoms with E-state index in [2.05, 4.69) is 27.5 Å². The van der Waals surface area contributed by atoms with Crippen molar-refractivity contribution in [3.8, 4) is 0 Å². The molecule has 0 aliphatic heterocycles. The minimum atomic E-state index is -0.107. The molecular weight excluding hydrogens is 364 g/mol. The van der Waals surface area contributed by atoms with Gasteiger partial charge in [-0.15, -0.1) is 5.10 Å². The molecule has 2 bridgehead atoms. The normalized spacial score (nSPS) is 29.9. The maximum Gasteiger partial charge on any atom is 0.311 e. The van der Waals surface area contributed by atoms with E-state index in [1.54, 1.807) is 0 Å². The van der Waals surface area contributed by atoms with Crippen molar-refractivity contribution in [3.63, 3.8) is 0 Å². The van der Waals surface area contributed by atoms with E-state index >= 15 is 0 Å². The Bertz CT molecular complexity index is 870. The molecule has 2 heterocycles. The number of hydrogen-bond acceptors (Lipinski definition) is 5. The Morgan fingerprint density at radius 3 is 2.67 bits per heavy atom. The third-order valence-corrected chi connectivity index (χ3v) is 6.75. The van der Waals surface area contributed by atoms with E-state index in [0.717, 1.165) is 37.0 Å². The topological polar surface area (TPSA) is 68.5 Å². The molecular formula is C20H25ClN4O2. The number of ether oxygens (including phenoxy) is 1. The number of fused-ring (bicyclic) bond motifs is 4. The molecule has 4 saturated carbocycles. The second-order valence-electron chi connectivity index (χ2n) is 8.18. The fourth-order valence-electron chi connectivity index (χ4n) is 5.18. The predicted molar refractivity (Wildman–Crippen MR) is 103 cm³/mol. The lowest BCUT2D eigenvalue weighted by molar-refractivity contribution is -0.154. The summed E-state index contributed by atoms with van der Waals surface area (Å²) in [6.07, 6.45) is 6.94. The van der Waals surface area contributed by atoms with Crippen molar-refractivity contribution in [1.29, 1.82) is 0 Å². The highest BCUT2D eigenvalue weighted by Crippen LogP contribution is 2.47. The van der Waals surface area contributed by atoms with Gasteiger partial charge in [0.05, 0.1) is 12.5 Å². The number of rotatable bonds is 5. The molecule has 1 N–H and O–H groups in total. The summed E-state index contributed by atoms with van der Waals surface area (Å²) in [4.78, 5) is 17.2. The first-order valence-electron chi connectivity index (χ1n) is 10.1. The van der Waals surface area contributed by atoms with Gasteiger partial charge in [0.2, 0.25) is 5.28 Å². The van der Waals surface area contributed by atoms with Gasteiger partial charge in [-0.2, -0.15) is 4.98 Å². The molecule has 4 aliphatic rings. The Morgan fingerprint density at radius 1 is 1.22 bits per heavy atom. The van der Waals surface area contributed by atoms with E-state index in [0.29, 0.717) is 24.4 Å². The molecule has 27 heavy (non-hydrogen) atoms.